The third kappa shape index (κ3) is 26.0. The first-order chi connectivity index (χ1) is 1.41. The molecule has 0 aliphatic rings. The Morgan fingerprint density at radius 1 is 1.33 bits per heavy atom. The van der Waals surface area contributed by atoms with Gasteiger partial charge in [-0.1, -0.05) is 0 Å². The second kappa shape index (κ2) is 23.7. The van der Waals surface area contributed by atoms with Gasteiger partial charge in [0.25, 0.3) is 0 Å². The van der Waals surface area contributed by atoms with Gasteiger partial charge in [0, 0.05) is 0 Å². The first-order valence-electron chi connectivity index (χ1n) is 0.286. The molecule has 0 aromatic rings. The first kappa shape index (κ1) is 22.7. The Morgan fingerprint density at radius 3 is 1.33 bits per heavy atom. The van der Waals surface area contributed by atoms with E-state index in [-0.39, 0.29) is 79.6 Å². The van der Waals surface area contributed by atoms with E-state index < -0.39 is 0 Å². The van der Waals surface area contributed by atoms with Gasteiger partial charge in [-0.15, -0.1) is 0 Å². The Morgan fingerprint density at radius 2 is 1.33 bits per heavy atom. The maximum Gasteiger partial charge on any atom is 1.00 e. The van der Waals surface area contributed by atoms with Gasteiger partial charge in [-0.25, -0.2) is 0 Å². The van der Waals surface area contributed by atoms with E-state index in [0.717, 1.165) is 0 Å². The maximum atomic E-state index is 5.03. The summed E-state index contributed by atoms with van der Waals surface area (Å²) in [6, 6.07) is 0. The van der Waals surface area contributed by atoms with Gasteiger partial charge in [-0.3, -0.25) is 0 Å². The van der Waals surface area contributed by atoms with E-state index in [1.165, 1.54) is 0 Å². The van der Waals surface area contributed by atoms with Crippen molar-refractivity contribution in [2.24, 2.45) is 0 Å². The molecule has 0 atom stereocenters. The van der Waals surface area contributed by atoms with Crippen molar-refractivity contribution in [1.29, 1.82) is 0 Å². The van der Waals surface area contributed by atoms with Crippen LogP contribution in [0, 0.1) is 0 Å². The predicted octanol–water partition coefficient (Wildman–Crippen LogP) is -4.46. The van der Waals surface area contributed by atoms with Crippen LogP contribution in [0.1, 0.15) is 0 Å². The van der Waals surface area contributed by atoms with Crippen LogP contribution in [-0.2, 0) is 44.8 Å². The number of hydrogen-bond donors (Lipinski definition) is 0. The van der Waals surface area contributed by atoms with Crippen molar-refractivity contribution in [3.05, 3.63) is 0 Å². The summed E-state index contributed by atoms with van der Waals surface area (Å²) in [5.74, 6) is 0. The fourth-order valence-corrected chi connectivity index (χ4v) is 0. The second-order valence-corrected chi connectivity index (χ2v) is 5.65. The number of halogens is 4. The minimum atomic E-state index is -0.125. The van der Waals surface area contributed by atoms with E-state index >= 15 is 0 Å². The summed E-state index contributed by atoms with van der Waals surface area (Å²) in [5, 5.41) is 0. The molecule has 0 N–H and O–H groups in total. The van der Waals surface area contributed by atoms with Crippen molar-refractivity contribution in [1.82, 2.24) is 0 Å². The third-order valence-corrected chi connectivity index (χ3v) is 0. The molecule has 0 unspecified atom stereocenters. The van der Waals surface area contributed by atoms with Crippen molar-refractivity contribution in [2.45, 2.75) is 0 Å². The van der Waals surface area contributed by atoms with Crippen LogP contribution in [0.2, 0.25) is 0 Å². The molecule has 0 spiro atoms. The molecule has 0 saturated heterocycles. The molecule has 0 nitrogen and oxygen atoms in total. The van der Waals surface area contributed by atoms with E-state index in [1.54, 1.807) is 0 Å². The van der Waals surface area contributed by atoms with E-state index in [4.69, 9.17) is 8.91 Å². The van der Waals surface area contributed by atoms with Crippen molar-refractivity contribution in [2.75, 3.05) is 0 Å². The molecule has 0 saturated carbocycles. The summed E-state index contributed by atoms with van der Waals surface area (Å²) in [6.45, 7) is 0. The zero-order chi connectivity index (χ0) is 2.71. The molecular weight excluding hydrogens is 538 g/mol. The minimum Gasteiger partial charge on any atom is -1.00 e. The molecule has 50 valence electrons. The Kier molecular flexibility index (Phi) is 89.6. The van der Waals surface area contributed by atoms with Gasteiger partial charge in [-0.2, -0.15) is 0 Å². The molecular formula is Ag2Br2ClI. The van der Waals surface area contributed by atoms with E-state index in [2.05, 4.69) is 12.7 Å². The smallest absolute Gasteiger partial charge is 1.00 e. The van der Waals surface area contributed by atoms with Crippen LogP contribution < -0.4 is 34.8 Å². The van der Waals surface area contributed by atoms with Crippen molar-refractivity contribution < 1.29 is 79.6 Å². The zero-order valence-electron chi connectivity index (χ0n) is 2.11. The van der Waals surface area contributed by atoms with Gasteiger partial charge in [0.15, 0.2) is 0 Å². The normalized spacial score (nSPS) is 3.67. The van der Waals surface area contributed by atoms with Crippen molar-refractivity contribution in [3.8, 4) is 0 Å². The van der Waals surface area contributed by atoms with Crippen LogP contribution in [0.3, 0.4) is 0 Å². The summed E-state index contributed by atoms with van der Waals surface area (Å²) < 4.78 is 0. The van der Waals surface area contributed by atoms with Gasteiger partial charge in [0.1, 0.15) is 0 Å². The van der Waals surface area contributed by atoms with Crippen LogP contribution >= 0.6 is 21.6 Å². The molecule has 0 bridgehead atoms. The molecule has 0 radical (unpaired) electrons. The molecule has 0 aliphatic carbocycles. The van der Waals surface area contributed by atoms with Gasteiger partial charge in [0.05, 0.1) is 0 Å². The van der Waals surface area contributed by atoms with Crippen LogP contribution in [0.5, 0.6) is 0 Å². The average Bonchev–Trinajstić information content (AvgIpc) is 0.918. The topological polar surface area (TPSA) is 0 Å². The predicted molar refractivity (Wildman–Crippen MR) is 14.8 cm³/mol. The number of hydrogen-bond acceptors (Lipinski definition) is 0. The molecule has 0 heterocycles. The van der Waals surface area contributed by atoms with E-state index in [9.17, 15) is 0 Å². The molecule has 0 amide bonds. The molecule has 6 heavy (non-hydrogen) atoms. The summed E-state index contributed by atoms with van der Waals surface area (Å²) in [5.41, 5.74) is 0. The van der Waals surface area contributed by atoms with Gasteiger partial charge >= 0.3 is 84.2 Å². The average molecular weight is 538 g/mol. The largest absolute Gasteiger partial charge is 1.00 e. The third-order valence-electron chi connectivity index (χ3n) is 0. The summed E-state index contributed by atoms with van der Waals surface area (Å²) in [6.07, 6.45) is 0. The summed E-state index contributed by atoms with van der Waals surface area (Å²) >= 11 is 2.90. The summed E-state index contributed by atoms with van der Waals surface area (Å²) in [4.78, 5) is 0. The molecule has 0 rings (SSSR count). The fraction of sp³-hybridized carbons (Fsp3) is 0. The molecule has 0 aliphatic heterocycles. The quantitative estimate of drug-likeness (QED) is 0.216. The molecule has 6 heteroatoms. The molecule has 0 fully saturated rings. The molecule has 0 aromatic carbocycles. The Hall–Kier alpha value is 3.46. The van der Waals surface area contributed by atoms with Gasteiger partial charge in [-0.05, 0) is 0 Å². The zero-order valence-corrected chi connectivity index (χ0v) is 11.2. The fourth-order valence-electron chi connectivity index (χ4n) is 0. The van der Waals surface area contributed by atoms with E-state index in [1.807, 2.05) is 0 Å². The van der Waals surface area contributed by atoms with Crippen LogP contribution in [0.15, 0.2) is 0 Å². The standard InChI is InChI=1S/2Ag.BrClI.BrH/c;;1-3-2;/h;;;1H/q2*+1;-1;/p-1. The number of rotatable bonds is 0. The monoisotopic (exact) mass is 534 g/mol. The Labute approximate surface area is 99.0 Å². The SMILES string of the molecule is Cl[I-]Br.[Ag+].[Ag+].[Br-]. The van der Waals surface area contributed by atoms with E-state index in [0.29, 0.717) is 0 Å². The Balaban J connectivity index is -0.00000000667. The van der Waals surface area contributed by atoms with Crippen molar-refractivity contribution in [3.63, 3.8) is 0 Å². The van der Waals surface area contributed by atoms with Gasteiger partial charge < -0.3 is 17.0 Å². The Bertz CT molecular complexity index is 11.5. The maximum absolute atomic E-state index is 5.03. The van der Waals surface area contributed by atoms with Gasteiger partial charge in [0.2, 0.25) is 0 Å². The van der Waals surface area contributed by atoms with Crippen molar-refractivity contribution >= 4 is 21.6 Å². The second-order valence-electron chi connectivity index (χ2n) is 0.0540. The van der Waals surface area contributed by atoms with Crippen LogP contribution in [0.4, 0.5) is 0 Å². The summed E-state index contributed by atoms with van der Waals surface area (Å²) in [7, 11) is 5.03. The molecule has 0 aromatic heterocycles. The first-order valence-corrected chi connectivity index (χ1v) is 7.85. The van der Waals surface area contributed by atoms with Crippen LogP contribution in [-0.4, -0.2) is 0 Å². The van der Waals surface area contributed by atoms with Crippen LogP contribution in [0.25, 0.3) is 0 Å². The minimum absolute atomic E-state index is 0.